The van der Waals surface area contributed by atoms with Crippen molar-refractivity contribution in [2.24, 2.45) is 0 Å². The molecule has 0 fully saturated rings. The highest BCUT2D eigenvalue weighted by Crippen LogP contribution is 2.38. The predicted octanol–water partition coefficient (Wildman–Crippen LogP) is 10.9. The fraction of sp³-hybridized carbons (Fsp3) is 0. The quantitative estimate of drug-likeness (QED) is 0.200. The Hall–Kier alpha value is -5.34. The van der Waals surface area contributed by atoms with Crippen LogP contribution in [0, 0.1) is 0 Å². The molecule has 2 nitrogen and oxygen atoms in total. The van der Waals surface area contributed by atoms with Gasteiger partial charge in [0.1, 0.15) is 11.5 Å². The molecular formula is C38H29NO. The summed E-state index contributed by atoms with van der Waals surface area (Å²) >= 11 is 0. The van der Waals surface area contributed by atoms with E-state index in [9.17, 15) is 0 Å². The molecule has 0 N–H and O–H groups in total. The number of ether oxygens (including phenoxy) is 1. The van der Waals surface area contributed by atoms with Crippen LogP contribution in [0.3, 0.4) is 0 Å². The van der Waals surface area contributed by atoms with Crippen molar-refractivity contribution in [2.75, 3.05) is 4.90 Å². The van der Waals surface area contributed by atoms with E-state index in [-0.39, 0.29) is 0 Å². The highest BCUT2D eigenvalue weighted by molar-refractivity contribution is 5.80. The summed E-state index contributed by atoms with van der Waals surface area (Å²) in [4.78, 5) is 2.26. The van der Waals surface area contributed by atoms with E-state index in [1.165, 1.54) is 22.3 Å². The lowest BCUT2D eigenvalue weighted by molar-refractivity contribution is 0.483. The van der Waals surface area contributed by atoms with Crippen LogP contribution >= 0.6 is 0 Å². The second kappa shape index (κ2) is 11.6. The van der Waals surface area contributed by atoms with Crippen molar-refractivity contribution >= 4 is 23.1 Å². The Bertz CT molecular complexity index is 1610. The minimum Gasteiger partial charge on any atom is -0.457 e. The molecule has 0 aliphatic rings. The van der Waals surface area contributed by atoms with Gasteiger partial charge in [0.15, 0.2) is 0 Å². The van der Waals surface area contributed by atoms with Crippen LogP contribution in [-0.4, -0.2) is 0 Å². The molecule has 0 bridgehead atoms. The van der Waals surface area contributed by atoms with Crippen molar-refractivity contribution in [3.05, 3.63) is 170 Å². The fourth-order valence-electron chi connectivity index (χ4n) is 4.81. The Morgan fingerprint density at radius 3 is 1.43 bits per heavy atom. The number of hydrogen-bond acceptors (Lipinski definition) is 2. The predicted molar refractivity (Wildman–Crippen MR) is 169 cm³/mol. The van der Waals surface area contributed by atoms with Gasteiger partial charge in [0.2, 0.25) is 0 Å². The van der Waals surface area contributed by atoms with Crippen LogP contribution in [0.5, 0.6) is 11.5 Å². The molecule has 0 atom stereocenters. The number of hydrogen-bond donors (Lipinski definition) is 0. The zero-order valence-electron chi connectivity index (χ0n) is 22.2. The Kier molecular flexibility index (Phi) is 7.23. The van der Waals surface area contributed by atoms with E-state index in [0.717, 1.165) is 34.1 Å². The van der Waals surface area contributed by atoms with E-state index < -0.39 is 0 Å². The number of rotatable bonds is 8. The van der Waals surface area contributed by atoms with Crippen LogP contribution in [0.15, 0.2) is 164 Å². The molecule has 0 heterocycles. The summed E-state index contributed by atoms with van der Waals surface area (Å²) in [5.41, 5.74) is 8.98. The van der Waals surface area contributed by atoms with Gasteiger partial charge in [0.25, 0.3) is 0 Å². The molecule has 2 heteroatoms. The van der Waals surface area contributed by atoms with Gasteiger partial charge in [-0.15, -0.1) is 0 Å². The van der Waals surface area contributed by atoms with E-state index in [0.29, 0.717) is 0 Å². The zero-order chi connectivity index (χ0) is 27.1. The van der Waals surface area contributed by atoms with Crippen molar-refractivity contribution < 1.29 is 4.74 Å². The lowest BCUT2D eigenvalue weighted by Crippen LogP contribution is -2.10. The summed E-state index contributed by atoms with van der Waals surface area (Å²) in [6, 6.07) is 54.5. The van der Waals surface area contributed by atoms with Gasteiger partial charge in [-0.1, -0.05) is 116 Å². The lowest BCUT2D eigenvalue weighted by Gasteiger charge is -2.26. The highest BCUT2D eigenvalue weighted by Gasteiger charge is 2.14. The van der Waals surface area contributed by atoms with E-state index >= 15 is 0 Å². The van der Waals surface area contributed by atoms with Crippen LogP contribution in [0.4, 0.5) is 17.1 Å². The number of benzene rings is 6. The van der Waals surface area contributed by atoms with E-state index in [1.54, 1.807) is 0 Å². The molecule has 0 radical (unpaired) electrons. The smallest absolute Gasteiger partial charge is 0.129 e. The molecule has 0 unspecified atom stereocenters. The van der Waals surface area contributed by atoms with Crippen LogP contribution in [-0.2, 0) is 0 Å². The third-order valence-corrected chi connectivity index (χ3v) is 6.89. The minimum atomic E-state index is 0.774. The topological polar surface area (TPSA) is 12.5 Å². The summed E-state index contributed by atoms with van der Waals surface area (Å²) in [7, 11) is 0. The van der Waals surface area contributed by atoms with E-state index in [1.807, 2.05) is 54.6 Å². The molecule has 0 saturated carbocycles. The molecule has 0 aromatic heterocycles. The maximum absolute atomic E-state index is 6.23. The van der Waals surface area contributed by atoms with Gasteiger partial charge >= 0.3 is 0 Å². The van der Waals surface area contributed by atoms with Gasteiger partial charge in [0.05, 0.1) is 0 Å². The van der Waals surface area contributed by atoms with E-state index in [2.05, 4.69) is 121 Å². The first-order valence-corrected chi connectivity index (χ1v) is 13.4. The van der Waals surface area contributed by atoms with Crippen LogP contribution < -0.4 is 9.64 Å². The third-order valence-electron chi connectivity index (χ3n) is 6.89. The Balaban J connectivity index is 1.37. The largest absolute Gasteiger partial charge is 0.457 e. The maximum atomic E-state index is 6.23. The first-order chi connectivity index (χ1) is 19.8. The molecule has 6 aromatic carbocycles. The van der Waals surface area contributed by atoms with Gasteiger partial charge in [0, 0.05) is 23.1 Å². The summed E-state index contributed by atoms with van der Waals surface area (Å²) in [5.74, 6) is 1.56. The van der Waals surface area contributed by atoms with Gasteiger partial charge < -0.3 is 9.64 Å². The first-order valence-electron chi connectivity index (χ1n) is 13.4. The molecule has 0 saturated heterocycles. The summed E-state index contributed by atoms with van der Waals surface area (Å²) in [5, 5.41) is 0. The van der Waals surface area contributed by atoms with Crippen molar-refractivity contribution in [1.82, 2.24) is 0 Å². The minimum absolute atomic E-state index is 0.774. The highest BCUT2D eigenvalue weighted by atomic mass is 16.5. The molecule has 0 spiro atoms. The van der Waals surface area contributed by atoms with Crippen LogP contribution in [0.2, 0.25) is 0 Å². The van der Waals surface area contributed by atoms with Crippen molar-refractivity contribution in [3.63, 3.8) is 0 Å². The molecule has 0 aliphatic carbocycles. The molecule has 6 rings (SSSR count). The number of anilines is 3. The standard InChI is InChI=1S/C38H29NO/c1-2-29-16-26-37(27-17-29)40-38-15-9-14-36(28-38)39(34-22-18-32(19-23-34)30-10-5-3-6-11-30)35-24-20-33(21-25-35)31-12-7-4-8-13-31/h2-28H,1H2. The third kappa shape index (κ3) is 5.57. The normalized spacial score (nSPS) is 10.6. The fourth-order valence-corrected chi connectivity index (χ4v) is 4.81. The molecular weight excluding hydrogens is 486 g/mol. The summed E-state index contributed by atoms with van der Waals surface area (Å²) in [6.45, 7) is 3.83. The average molecular weight is 516 g/mol. The SMILES string of the molecule is C=Cc1ccc(Oc2cccc(N(c3ccc(-c4ccccc4)cc3)c3ccc(-c4ccccc4)cc3)c2)cc1. The van der Waals surface area contributed by atoms with Gasteiger partial charge in [-0.2, -0.15) is 0 Å². The monoisotopic (exact) mass is 515 g/mol. The van der Waals surface area contributed by atoms with Crippen LogP contribution in [0.25, 0.3) is 28.3 Å². The summed E-state index contributed by atoms with van der Waals surface area (Å²) < 4.78 is 6.23. The van der Waals surface area contributed by atoms with Crippen molar-refractivity contribution in [3.8, 4) is 33.8 Å². The van der Waals surface area contributed by atoms with Gasteiger partial charge in [-0.05, 0) is 76.3 Å². The van der Waals surface area contributed by atoms with Crippen LogP contribution in [0.1, 0.15) is 5.56 Å². The van der Waals surface area contributed by atoms with Crippen molar-refractivity contribution in [2.45, 2.75) is 0 Å². The Morgan fingerprint density at radius 1 is 0.425 bits per heavy atom. The Labute approximate surface area is 236 Å². The lowest BCUT2D eigenvalue weighted by atomic mass is 10.0. The molecule has 6 aromatic rings. The second-order valence-electron chi connectivity index (χ2n) is 9.53. The first kappa shape index (κ1) is 25.0. The average Bonchev–Trinajstić information content (AvgIpc) is 3.03. The zero-order valence-corrected chi connectivity index (χ0v) is 22.2. The Morgan fingerprint density at radius 2 is 0.925 bits per heavy atom. The van der Waals surface area contributed by atoms with E-state index in [4.69, 9.17) is 4.74 Å². The maximum Gasteiger partial charge on any atom is 0.129 e. The number of nitrogens with zero attached hydrogens (tertiary/aromatic N) is 1. The molecule has 192 valence electrons. The second-order valence-corrected chi connectivity index (χ2v) is 9.53. The summed E-state index contributed by atoms with van der Waals surface area (Å²) in [6.07, 6.45) is 1.83. The van der Waals surface area contributed by atoms with Crippen molar-refractivity contribution in [1.29, 1.82) is 0 Å². The molecule has 0 amide bonds. The van der Waals surface area contributed by atoms with Gasteiger partial charge in [-0.3, -0.25) is 0 Å². The molecule has 0 aliphatic heterocycles. The molecule has 40 heavy (non-hydrogen) atoms. The van der Waals surface area contributed by atoms with Gasteiger partial charge in [-0.25, -0.2) is 0 Å².